The summed E-state index contributed by atoms with van der Waals surface area (Å²) in [6.45, 7) is 15.4. The van der Waals surface area contributed by atoms with Gasteiger partial charge in [-0.1, -0.05) is 182 Å². The van der Waals surface area contributed by atoms with Crippen LogP contribution in [0.2, 0.25) is 0 Å². The number of carboxylic acids is 3. The number of hydrogen-bond acceptors (Lipinski definition) is 11. The summed E-state index contributed by atoms with van der Waals surface area (Å²) in [5.74, 6) is -1.06. The molecule has 13 aromatic rings. The second-order valence-electron chi connectivity index (χ2n) is 36.7. The van der Waals surface area contributed by atoms with Crippen LogP contribution >= 0.6 is 6.89 Å². The summed E-state index contributed by atoms with van der Waals surface area (Å²) < 4.78 is 12.9. The Kier molecular flexibility index (Phi) is 51.2. The van der Waals surface area contributed by atoms with Gasteiger partial charge < -0.3 is 121 Å². The minimum Gasteiger partial charge on any atom is -1.00 e. The van der Waals surface area contributed by atoms with E-state index < -0.39 is 24.8 Å². The van der Waals surface area contributed by atoms with Crippen molar-refractivity contribution in [2.75, 3.05) is 96.3 Å². The molecule has 1 aliphatic heterocycles. The predicted molar refractivity (Wildman–Crippen MR) is 561 cm³/mol. The topological polar surface area (TPSA) is 339 Å². The molecule has 0 atom stereocenters. The summed E-state index contributed by atoms with van der Waals surface area (Å²) in [5.41, 5.74) is 23.4. The van der Waals surface area contributed by atoms with E-state index in [1.807, 2.05) is 194 Å². The standard InChI is InChI=1S/C25H31N3O2.C22H21O2P.2C17H22N2O.C10H13NO2.2C8H11NO2.C6H7NO.2HI/c1-18-15-21(12-13-25(29)30)26-22(18)17-24-20(11-8-14-28(2,3)4)16-23(27-24)19-9-6-5-7-10-19;1-2-24-22(23)18-25(19-12-6-3-7-13-19,20-14-8-4-9-15-20)21-16-10-5-11-17-21;2*1-19(2,3)11-7-10-15-12-16(18-17(15)13-20)14-8-5-4-6-9-14;1-3-13-10(12)5-4-9-6-8(2)7-11-9;2*1-6-4-7(9-5-6)2-3-8(10)11;1-5-2-6(4-8)7-3-5;;/h5-7,9-10,15-17H,8,11-14H2,1-4H3,(H-,26,27,29,30);3-18H,2H2,1H3;2*4-6,8-9,12-13H,7,10-11H2,1-3H3;4-7,11H,3H2,1-2H3;2*4-5,9H,2-3H2,1H3,(H,10,11);2-4,7H,1H3;2*1H/p+1/b;;;;5-4+;;;;;. The van der Waals surface area contributed by atoms with Crippen molar-refractivity contribution < 1.29 is 125 Å². The monoisotopic (exact) mass is 2140 g/mol. The molecule has 0 spiro atoms. The molecule has 1 aliphatic rings. The molecular weight excluding hydrogens is 2000 g/mol. The maximum atomic E-state index is 12.5. The minimum atomic E-state index is -2.24. The third-order valence-electron chi connectivity index (χ3n) is 21.6. The van der Waals surface area contributed by atoms with Gasteiger partial charge in [0.15, 0.2) is 18.9 Å². The van der Waals surface area contributed by atoms with Gasteiger partial charge in [-0.05, 0) is 226 Å². The molecule has 0 fully saturated rings. The maximum absolute atomic E-state index is 12.5. The largest absolute Gasteiger partial charge is 1.00 e. The Morgan fingerprint density at radius 3 is 1.09 bits per heavy atom. The maximum Gasteiger partial charge on any atom is 0.331 e. The van der Waals surface area contributed by atoms with Crippen LogP contribution in [0.5, 0.6) is 0 Å². The Morgan fingerprint density at radius 1 is 0.393 bits per heavy atom. The van der Waals surface area contributed by atoms with Crippen LogP contribution < -0.4 is 63.9 Å². The number of aldehydes is 3. The fourth-order valence-electron chi connectivity index (χ4n) is 14.8. The number of aryl methyl sites for hydroxylation is 10. The second kappa shape index (κ2) is 60.9. The number of aromatic nitrogens is 7. The van der Waals surface area contributed by atoms with Gasteiger partial charge in [-0.2, -0.15) is 0 Å². The number of carbonyl (C=O) groups is 8. The Morgan fingerprint density at radius 2 is 0.750 bits per heavy atom. The Hall–Kier alpha value is -12.8. The first-order valence-electron chi connectivity index (χ1n) is 46.6. The number of benzene rings is 6. The molecule has 6 aromatic carbocycles. The summed E-state index contributed by atoms with van der Waals surface area (Å²) in [6, 6.07) is 75.2. The molecule has 0 radical (unpaired) electrons. The van der Waals surface area contributed by atoms with Crippen LogP contribution in [0.4, 0.5) is 0 Å². The molecule has 744 valence electrons. The lowest BCUT2D eigenvalue weighted by Crippen LogP contribution is -3.00. The van der Waals surface area contributed by atoms with E-state index in [0.29, 0.717) is 49.6 Å². The lowest BCUT2D eigenvalue weighted by atomic mass is 10.0. The SMILES string of the molecule is CCOC(=O)/C=C/c1cc(C)c[nH]1.CCOC(=O)C=P(c1ccccc1)(c1ccccc1)c1ccccc1.C[N+](C)(C)CCCc1cc(-c2ccccc2)[nH]c1C=O.C[N+](C)(C)CCCc1cc(-c2ccccc2)[nH]c1C=O.Cc1c[nH]c(C=O)c1.Cc1c[nH]c(CCC(=O)O)c1.Cc1c[nH]c(CCC(=O)O)c1.Cc1cc(CCC(=O)O)[nH]c1C=C1N=C(c2ccccc2)C=C1CCC[N+](C)(C)C.[I-].[I-]. The van der Waals surface area contributed by atoms with Crippen molar-refractivity contribution in [3.8, 4) is 22.5 Å². The number of halogens is 2. The molecule has 7 aromatic heterocycles. The third-order valence-corrected chi connectivity index (χ3v) is 25.6. The van der Waals surface area contributed by atoms with E-state index in [0.717, 1.165) is 213 Å². The van der Waals surface area contributed by atoms with Crippen LogP contribution in [-0.4, -0.2) is 220 Å². The lowest BCUT2D eigenvalue weighted by Gasteiger charge is -2.28. The zero-order valence-corrected chi connectivity index (χ0v) is 88.9. The molecule has 27 heteroatoms. The van der Waals surface area contributed by atoms with E-state index in [9.17, 15) is 38.4 Å². The van der Waals surface area contributed by atoms with Gasteiger partial charge in [0.25, 0.3) is 0 Å². The molecule has 0 unspecified atom stereocenters. The molecule has 0 bridgehead atoms. The molecule has 8 heterocycles. The van der Waals surface area contributed by atoms with Gasteiger partial charge in [0.05, 0.1) is 144 Å². The highest BCUT2D eigenvalue weighted by atomic mass is 127. The number of aliphatic carboxylic acids is 3. The zero-order chi connectivity index (χ0) is 101. The van der Waals surface area contributed by atoms with Gasteiger partial charge in [-0.3, -0.25) is 28.8 Å². The number of aromatic amines is 7. The van der Waals surface area contributed by atoms with Gasteiger partial charge in [0.2, 0.25) is 0 Å². The van der Waals surface area contributed by atoms with Crippen molar-refractivity contribution in [1.82, 2.24) is 34.9 Å². The molecule has 24 nitrogen and oxygen atoms in total. The van der Waals surface area contributed by atoms with Crippen molar-refractivity contribution in [2.45, 2.75) is 126 Å². The summed E-state index contributed by atoms with van der Waals surface area (Å²) in [5, 5.41) is 29.1. The van der Waals surface area contributed by atoms with Gasteiger partial charge in [0.1, 0.15) is 0 Å². The molecule has 0 aliphatic carbocycles. The average Bonchev–Trinajstić information content (AvgIpc) is 0.872. The van der Waals surface area contributed by atoms with Crippen LogP contribution in [-0.2, 0) is 65.6 Å². The molecule has 0 amide bonds. The number of nitrogens with zero attached hydrogens (tertiary/aromatic N) is 4. The van der Waals surface area contributed by atoms with Crippen molar-refractivity contribution in [2.24, 2.45) is 4.99 Å². The summed E-state index contributed by atoms with van der Waals surface area (Å²) in [6.07, 6.45) is 25.8. The normalized spacial score (nSPS) is 11.6. The number of allylic oxidation sites excluding steroid dienone is 2. The molecule has 0 saturated carbocycles. The van der Waals surface area contributed by atoms with E-state index in [1.54, 1.807) is 31.1 Å². The molecular formula is C113H141I2N11O13P+. The van der Waals surface area contributed by atoms with E-state index in [2.05, 4.69) is 195 Å². The smallest absolute Gasteiger partial charge is 0.331 e. The number of rotatable bonds is 36. The Balaban J connectivity index is 0.000000290. The molecule has 14 rings (SSSR count). The average molecular weight is 2150 g/mol. The quantitative estimate of drug-likeness (QED) is 0.00436. The molecule has 10 N–H and O–H groups in total. The van der Waals surface area contributed by atoms with E-state index in [1.165, 1.54) is 11.6 Å². The second-order valence-corrected chi connectivity index (χ2v) is 39.9. The Bertz CT molecular complexity index is 5880. The number of carboxylic acid groups (broad SMARTS) is 3. The zero-order valence-electron chi connectivity index (χ0n) is 83.7. The van der Waals surface area contributed by atoms with Crippen LogP contribution in [0.15, 0.2) is 278 Å². The van der Waals surface area contributed by atoms with Crippen molar-refractivity contribution in [1.29, 1.82) is 0 Å². The van der Waals surface area contributed by atoms with E-state index in [4.69, 9.17) is 29.8 Å². The van der Waals surface area contributed by atoms with Crippen molar-refractivity contribution in [3.05, 3.63) is 363 Å². The van der Waals surface area contributed by atoms with E-state index in [-0.39, 0.29) is 79.2 Å². The van der Waals surface area contributed by atoms with Crippen LogP contribution in [0.3, 0.4) is 0 Å². The van der Waals surface area contributed by atoms with Crippen molar-refractivity contribution >= 4 is 95.2 Å². The number of hydrogen-bond donors (Lipinski definition) is 10. The van der Waals surface area contributed by atoms with Crippen molar-refractivity contribution in [3.63, 3.8) is 0 Å². The van der Waals surface area contributed by atoms with Gasteiger partial charge in [-0.15, -0.1) is 0 Å². The third kappa shape index (κ3) is 43.3. The first-order valence-corrected chi connectivity index (χ1v) is 48.5. The number of aliphatic imine (C=N–C) groups is 1. The Labute approximate surface area is 860 Å². The number of ether oxygens (including phenoxy) is 2. The van der Waals surface area contributed by atoms with E-state index >= 15 is 0 Å². The number of H-pyrrole nitrogens is 7. The highest BCUT2D eigenvalue weighted by Gasteiger charge is 2.28. The first kappa shape index (κ1) is 118. The van der Waals surface area contributed by atoms with Gasteiger partial charge >= 0.3 is 29.8 Å². The van der Waals surface area contributed by atoms with Crippen LogP contribution in [0, 0.1) is 34.6 Å². The number of quaternary nitrogens is 3. The summed E-state index contributed by atoms with van der Waals surface area (Å²) >= 11 is 0. The predicted octanol–water partition coefficient (Wildman–Crippen LogP) is 13.9. The number of esters is 2. The fraction of sp³-hybridized carbons (Fsp3) is 0.292. The number of nitrogens with one attached hydrogen (secondary N) is 7. The molecule has 0 saturated heterocycles. The van der Waals surface area contributed by atoms with Crippen LogP contribution in [0.1, 0.15) is 163 Å². The number of carbonyl (C=O) groups excluding carboxylic acids is 5. The van der Waals surface area contributed by atoms with Crippen LogP contribution in [0.25, 0.3) is 34.7 Å². The highest BCUT2D eigenvalue weighted by Crippen LogP contribution is 2.44. The van der Waals surface area contributed by atoms with Gasteiger partial charge in [-0.25, -0.2) is 14.6 Å². The minimum absolute atomic E-state index is 0. The fourth-order valence-corrected chi connectivity index (χ4v) is 18.4. The lowest BCUT2D eigenvalue weighted by molar-refractivity contribution is -0.870. The summed E-state index contributed by atoms with van der Waals surface area (Å²) in [7, 11) is 19.8. The molecule has 140 heavy (non-hydrogen) atoms. The van der Waals surface area contributed by atoms with Gasteiger partial charge in [0, 0.05) is 101 Å². The summed E-state index contributed by atoms with van der Waals surface area (Å²) in [4.78, 5) is 114. The first-order chi connectivity index (χ1) is 65.9. The highest BCUT2D eigenvalue weighted by molar-refractivity contribution is 7.95.